The minimum Gasteiger partial charge on any atom is -0.370 e. The number of anilines is 1. The molecule has 2 aromatic rings. The van der Waals surface area contributed by atoms with Gasteiger partial charge in [-0.05, 0) is 179 Å². The topological polar surface area (TPSA) is 850 Å². The van der Waals surface area contributed by atoms with Crippen molar-refractivity contribution in [2.24, 2.45) is 81.2 Å². The minimum atomic E-state index is -4.52. The van der Waals surface area contributed by atoms with Gasteiger partial charge in [-0.15, -0.1) is 11.8 Å². The number of fused-ring (bicyclic) bond motifs is 2. The van der Waals surface area contributed by atoms with E-state index in [1.54, 1.807) is 13.0 Å². The molecule has 50 heteroatoms. The standard InChI is InChI=1S/C98H159N33O15S2/c1-8-129-72-38-36-59(2)51-66(72)97(4,5)79(129)33-13-10-9-11-14-34-80-98(6,7)67-56-65(148(144,145)146)37-39-73(67)130(80)49-16-12-15-35-81(136)116-48-50-131-82(137)57-78(88(131)143)147-58-64(83(99)138)55-77(135)71(32-24-47-124-96(114)115)128-87(142)63(28-20-43-120-92(106)107)54-76(134)70(31-23-46-123-95(112)113)127-86(141)62(27-19-42-119-91(104)105)53-75(133)69(30-22-45-122-94(110)111)126-85(140)61(26-18-41-118-90(102)103)52-74(132)68(29-21-44-121-93(108)109)125-84(139)60(3)25-17-40-117-89(100)101/h9-11,13-14,33-34,36-39,51,56,60-64,68-71,78H,8,12,15-32,35,40-50,52-55,57-58H2,1-7H3,(H39-,99,100,101,102,103,104,105,106,107,108,109,110,111,112,113,114,115,116,117,118,119,120,121,122,123,124,125,126,127,128,136,138,139,140,141,142,144,145,146)/p+1/t60-,61+,62+,63+,64-,68-,69-,70-,71-,78?/m1/s1. The van der Waals surface area contributed by atoms with Gasteiger partial charge in [-0.2, -0.15) is 13.0 Å². The molecule has 5 rings (SSSR count). The van der Waals surface area contributed by atoms with Crippen molar-refractivity contribution in [2.45, 2.75) is 254 Å². The lowest BCUT2D eigenvalue weighted by molar-refractivity contribution is -0.433. The Morgan fingerprint density at radius 2 is 0.851 bits per heavy atom. The largest absolute Gasteiger partial charge is 0.370 e. The molecule has 0 aromatic heterocycles. The van der Waals surface area contributed by atoms with Crippen LogP contribution in [0.2, 0.25) is 0 Å². The zero-order chi connectivity index (χ0) is 110. The molecule has 0 bridgehead atoms. The summed E-state index contributed by atoms with van der Waals surface area (Å²) in [6.07, 6.45) is 14.0. The van der Waals surface area contributed by atoms with E-state index < -0.39 is 195 Å². The van der Waals surface area contributed by atoms with Crippen molar-refractivity contribution in [3.05, 3.63) is 101 Å². The van der Waals surface area contributed by atoms with E-state index in [4.69, 9.17) is 94.9 Å². The van der Waals surface area contributed by atoms with Crippen LogP contribution >= 0.6 is 11.8 Å². The van der Waals surface area contributed by atoms with Gasteiger partial charge in [0, 0.05) is 174 Å². The molecule has 10 atom stereocenters. The first-order valence-electron chi connectivity index (χ1n) is 50.2. The Morgan fingerprint density at radius 3 is 1.26 bits per heavy atom. The first kappa shape index (κ1) is 124. The first-order chi connectivity index (χ1) is 69.9. The number of Topliss-reactive ketones (excluding diaryl/α,β-unsaturated/α-hetero) is 4. The van der Waals surface area contributed by atoms with Gasteiger partial charge in [-0.25, -0.2) is 0 Å². The quantitative estimate of drug-likeness (QED) is 0.00835. The lowest BCUT2D eigenvalue weighted by Crippen LogP contribution is -2.49. The Hall–Kier alpha value is -14.1. The number of hydrogen-bond donors (Lipinski definition) is 31. The Balaban J connectivity index is 1.31. The van der Waals surface area contributed by atoms with E-state index in [-0.39, 0.29) is 201 Å². The third-order valence-electron chi connectivity index (χ3n) is 25.9. The van der Waals surface area contributed by atoms with Crippen LogP contribution in [0.15, 0.2) is 89.5 Å². The van der Waals surface area contributed by atoms with Crippen LogP contribution in [0.3, 0.4) is 0 Å². The number of guanidine groups is 8. The fourth-order valence-electron chi connectivity index (χ4n) is 17.8. The monoisotopic (exact) mass is 2100 g/mol. The van der Waals surface area contributed by atoms with Crippen LogP contribution in [0.4, 0.5) is 11.4 Å². The van der Waals surface area contributed by atoms with E-state index in [1.165, 1.54) is 34.7 Å². The van der Waals surface area contributed by atoms with Crippen LogP contribution in [0.1, 0.15) is 219 Å². The summed E-state index contributed by atoms with van der Waals surface area (Å²) in [5, 5.41) is 96.1. The van der Waals surface area contributed by atoms with Gasteiger partial charge in [0.1, 0.15) is 6.54 Å². The highest BCUT2D eigenvalue weighted by Crippen LogP contribution is 2.49. The number of nitrogens with two attached hydrogens (primary N) is 9. The lowest BCUT2D eigenvalue weighted by atomic mass is 9.81. The summed E-state index contributed by atoms with van der Waals surface area (Å²) in [5.41, 5.74) is 57.0. The molecule has 148 heavy (non-hydrogen) atoms. The number of benzene rings is 2. The number of likely N-dealkylation sites (tertiary alicyclic amines) is 1. The molecule has 3 aliphatic rings. The number of unbranched alkanes of at least 4 members (excludes halogenated alkanes) is 2. The third kappa shape index (κ3) is 43.2. The first-order valence-corrected chi connectivity index (χ1v) is 52.7. The van der Waals surface area contributed by atoms with Crippen LogP contribution in [0, 0.1) is 79.8 Å². The Labute approximate surface area is 870 Å². The summed E-state index contributed by atoms with van der Waals surface area (Å²) in [6, 6.07) is 5.64. The molecule has 0 spiro atoms. The smallest absolute Gasteiger partial charge is 0.294 e. The highest BCUT2D eigenvalue weighted by Gasteiger charge is 2.46. The molecule has 818 valence electrons. The number of nitrogens with zero attached hydrogens (tertiary/aromatic N) is 3. The molecule has 1 unspecified atom stereocenters. The number of nitrogens with one attached hydrogen (secondary N) is 21. The van der Waals surface area contributed by atoms with E-state index in [9.17, 15) is 51.3 Å². The van der Waals surface area contributed by atoms with E-state index in [0.717, 1.165) is 34.6 Å². The fourth-order valence-corrected chi connectivity index (χ4v) is 19.6. The number of imide groups is 1. The van der Waals surface area contributed by atoms with Crippen molar-refractivity contribution in [1.82, 2.24) is 74.0 Å². The predicted octanol–water partition coefficient (Wildman–Crippen LogP) is 0.994. The summed E-state index contributed by atoms with van der Waals surface area (Å²) < 4.78 is 37.2. The molecular weight excluding hydrogens is 1940 g/mol. The molecule has 0 saturated carbocycles. The number of primary amides is 1. The predicted molar refractivity (Wildman–Crippen MR) is 573 cm³/mol. The van der Waals surface area contributed by atoms with Gasteiger partial charge in [0.05, 0.1) is 45.6 Å². The van der Waals surface area contributed by atoms with Crippen LogP contribution < -0.4 is 126 Å². The number of amides is 8. The summed E-state index contributed by atoms with van der Waals surface area (Å²) >= 11 is 0.915. The number of carbonyl (C=O) groups excluding carboxylic acids is 12. The molecule has 40 N–H and O–H groups in total. The summed E-state index contributed by atoms with van der Waals surface area (Å²) in [4.78, 5) is 176. The van der Waals surface area contributed by atoms with Gasteiger partial charge in [0.2, 0.25) is 52.9 Å². The Bertz CT molecular complexity index is 5310. The van der Waals surface area contributed by atoms with Gasteiger partial charge in [0.25, 0.3) is 10.1 Å². The van der Waals surface area contributed by atoms with Crippen molar-refractivity contribution < 1.29 is 75.1 Å². The van der Waals surface area contributed by atoms with Crippen molar-refractivity contribution in [2.75, 3.05) is 89.2 Å². The Morgan fingerprint density at radius 1 is 0.459 bits per heavy atom. The average Bonchev–Trinajstić information content (AvgIpc) is 1.58. The second-order valence-electron chi connectivity index (χ2n) is 38.3. The van der Waals surface area contributed by atoms with Crippen molar-refractivity contribution in [1.29, 1.82) is 43.3 Å². The molecule has 2 aromatic carbocycles. The summed E-state index contributed by atoms with van der Waals surface area (Å²) in [7, 11) is -4.52. The molecule has 3 aliphatic heterocycles. The maximum atomic E-state index is 15.2. The van der Waals surface area contributed by atoms with E-state index in [1.807, 2.05) is 50.3 Å². The van der Waals surface area contributed by atoms with E-state index in [2.05, 4.69) is 131 Å². The maximum Gasteiger partial charge on any atom is 0.294 e. The minimum absolute atomic E-state index is 0.00413. The number of thioether (sulfide) groups is 1. The van der Waals surface area contributed by atoms with Gasteiger partial charge in [-0.1, -0.05) is 69.2 Å². The van der Waals surface area contributed by atoms with Crippen LogP contribution in [0.25, 0.3) is 0 Å². The van der Waals surface area contributed by atoms with Gasteiger partial charge >= 0.3 is 0 Å². The third-order valence-corrected chi connectivity index (χ3v) is 28.1. The summed E-state index contributed by atoms with van der Waals surface area (Å²) in [5.74, 6) is -17.2. The van der Waals surface area contributed by atoms with E-state index in [0.29, 0.717) is 50.8 Å². The number of ketones is 4. The SMILES string of the molecule is CC[N+]1=C(/C=C/C=C/C=C/C=C2/N(CCCCCC(=O)NCCN3C(=O)CC(SC[C@@H](CC(=O)[C@@H](CCCNC(=N)N)NC(=O)[C@@H](CCCNC(=N)N)CC(=O)[C@@H](CCCNC(=N)N)NC(=O)[C@@H](CCCNC(=N)N)CC(=O)[C@@H](CCCNC(=N)N)NC(=O)[C@@H](CCCNC(=N)N)CC(=O)[C@@H](CCCNC(=N)N)NC(=O)[C@H](C)CCCNC(=N)N)C(N)=O)C3=O)c3ccc(S(=O)(=O)O)cc3C2(C)C)C(C)(C)c2cc(C)ccc21. The van der Waals surface area contributed by atoms with Crippen LogP contribution in [0.5, 0.6) is 0 Å². The molecule has 48 nitrogen and oxygen atoms in total. The Kier molecular flexibility index (Phi) is 52.8. The van der Waals surface area contributed by atoms with Gasteiger partial charge in [-0.3, -0.25) is 110 Å². The molecule has 1 fully saturated rings. The van der Waals surface area contributed by atoms with Crippen molar-refractivity contribution in [3.8, 4) is 0 Å². The summed E-state index contributed by atoms with van der Waals surface area (Å²) in [6.45, 7) is 16.0. The van der Waals surface area contributed by atoms with Crippen LogP contribution in [-0.4, -0.2) is 260 Å². The second-order valence-corrected chi connectivity index (χ2v) is 41.0. The zero-order valence-electron chi connectivity index (χ0n) is 86.2. The highest BCUT2D eigenvalue weighted by molar-refractivity contribution is 8.00. The fraction of sp³-hybridized carbons (Fsp3) is 0.582. The lowest BCUT2D eigenvalue weighted by Gasteiger charge is -2.27. The molecule has 1 saturated heterocycles. The maximum absolute atomic E-state index is 15.2. The van der Waals surface area contributed by atoms with Gasteiger partial charge in [0.15, 0.2) is 76.5 Å². The normalized spacial score (nSPS) is 16.1. The van der Waals surface area contributed by atoms with Crippen molar-refractivity contribution >= 4 is 157 Å². The molecule has 0 aliphatic carbocycles. The highest BCUT2D eigenvalue weighted by atomic mass is 32.2. The number of hydrogen-bond acceptors (Lipinski definition) is 24. The number of rotatable bonds is 71. The van der Waals surface area contributed by atoms with Gasteiger partial charge < -0.3 is 126 Å². The van der Waals surface area contributed by atoms with Crippen molar-refractivity contribution in [3.63, 3.8) is 0 Å². The number of carbonyl (C=O) groups is 12. The second kappa shape index (κ2) is 62.8. The van der Waals surface area contributed by atoms with Crippen LogP contribution in [-0.2, 0) is 78.5 Å². The van der Waals surface area contributed by atoms with E-state index >= 15 is 19.2 Å². The average molecular weight is 2100 g/mol. The number of aryl methyl sites for hydroxylation is 1. The number of allylic oxidation sites excluding steroid dienone is 8. The molecular formula is C98H160N33O15S2+. The zero-order valence-corrected chi connectivity index (χ0v) is 87.8. The molecule has 8 amide bonds. The molecule has 0 radical (unpaired) electrons. The molecule has 3 heterocycles.